The molecule has 7 heteroatoms. The van der Waals surface area contributed by atoms with Gasteiger partial charge in [0, 0.05) is 50.7 Å². The standard InChI is InChI=1S/C17H23N5OS/c1-11(2)21-4-5-22-14(9-21)17(23)20(3)13-6-12(7-19-16(13)22)15-8-18-10-24-15/h6-8,10-11,14,17,23H,4-5,9H2,1-3H3. The predicted octanol–water partition coefficient (Wildman–Crippen LogP) is 1.87. The number of pyridine rings is 1. The molecule has 4 heterocycles. The normalized spacial score (nSPS) is 24.2. The summed E-state index contributed by atoms with van der Waals surface area (Å²) in [6.07, 6.45) is 3.25. The third-order valence-electron chi connectivity index (χ3n) is 5.14. The largest absolute Gasteiger partial charge is 0.371 e. The molecule has 0 aromatic carbocycles. The molecule has 2 aliphatic heterocycles. The van der Waals surface area contributed by atoms with Crippen molar-refractivity contribution < 1.29 is 5.11 Å². The van der Waals surface area contributed by atoms with Crippen molar-refractivity contribution in [1.82, 2.24) is 14.9 Å². The number of hydrogen-bond acceptors (Lipinski definition) is 7. The second-order valence-electron chi connectivity index (χ2n) is 6.81. The van der Waals surface area contributed by atoms with Crippen molar-refractivity contribution >= 4 is 22.8 Å². The van der Waals surface area contributed by atoms with Crippen LogP contribution in [0.25, 0.3) is 10.4 Å². The molecule has 1 fully saturated rings. The van der Waals surface area contributed by atoms with Crippen LogP contribution in [0.4, 0.5) is 11.5 Å². The Morgan fingerprint density at radius 2 is 2.12 bits per heavy atom. The van der Waals surface area contributed by atoms with Crippen LogP contribution in [0.2, 0.25) is 0 Å². The van der Waals surface area contributed by atoms with Crippen molar-refractivity contribution in [2.75, 3.05) is 36.5 Å². The maximum absolute atomic E-state index is 10.9. The van der Waals surface area contributed by atoms with Crippen LogP contribution in [0.1, 0.15) is 13.8 Å². The zero-order valence-electron chi connectivity index (χ0n) is 14.3. The first-order chi connectivity index (χ1) is 11.6. The fourth-order valence-corrected chi connectivity index (χ4v) is 4.24. The number of piperazine rings is 1. The average Bonchev–Trinajstić information content (AvgIpc) is 3.13. The third-order valence-corrected chi connectivity index (χ3v) is 5.96. The smallest absolute Gasteiger partial charge is 0.152 e. The Morgan fingerprint density at radius 1 is 1.29 bits per heavy atom. The van der Waals surface area contributed by atoms with Gasteiger partial charge in [-0.1, -0.05) is 0 Å². The van der Waals surface area contributed by atoms with Gasteiger partial charge < -0.3 is 14.9 Å². The maximum atomic E-state index is 10.9. The Balaban J connectivity index is 1.71. The lowest BCUT2D eigenvalue weighted by Crippen LogP contribution is -2.65. The van der Waals surface area contributed by atoms with Gasteiger partial charge >= 0.3 is 0 Å². The van der Waals surface area contributed by atoms with E-state index < -0.39 is 6.23 Å². The summed E-state index contributed by atoms with van der Waals surface area (Å²) in [5, 5.41) is 10.9. The van der Waals surface area contributed by atoms with E-state index in [-0.39, 0.29) is 6.04 Å². The maximum Gasteiger partial charge on any atom is 0.152 e. The molecular weight excluding hydrogens is 322 g/mol. The summed E-state index contributed by atoms with van der Waals surface area (Å²) in [6.45, 7) is 7.18. The van der Waals surface area contributed by atoms with Crippen molar-refractivity contribution in [1.29, 1.82) is 0 Å². The number of thiazole rings is 1. The molecule has 2 unspecified atom stereocenters. The number of hydrogen-bond donors (Lipinski definition) is 1. The third kappa shape index (κ3) is 2.47. The topological polar surface area (TPSA) is 55.7 Å². The van der Waals surface area contributed by atoms with E-state index in [4.69, 9.17) is 4.98 Å². The van der Waals surface area contributed by atoms with E-state index in [0.29, 0.717) is 6.04 Å². The molecule has 1 N–H and O–H groups in total. The van der Waals surface area contributed by atoms with E-state index in [2.05, 4.69) is 34.7 Å². The molecule has 0 saturated carbocycles. The van der Waals surface area contributed by atoms with Gasteiger partial charge in [0.15, 0.2) is 5.82 Å². The molecule has 4 rings (SSSR count). The van der Waals surface area contributed by atoms with Gasteiger partial charge in [-0.3, -0.25) is 9.88 Å². The first-order valence-electron chi connectivity index (χ1n) is 8.36. The van der Waals surface area contributed by atoms with Crippen molar-refractivity contribution in [3.63, 3.8) is 0 Å². The molecule has 0 amide bonds. The minimum atomic E-state index is -0.530. The number of fused-ring (bicyclic) bond motifs is 3. The Morgan fingerprint density at radius 3 is 2.83 bits per heavy atom. The summed E-state index contributed by atoms with van der Waals surface area (Å²) in [5.74, 6) is 0.976. The number of rotatable bonds is 2. The highest BCUT2D eigenvalue weighted by Gasteiger charge is 2.41. The molecule has 24 heavy (non-hydrogen) atoms. The quantitative estimate of drug-likeness (QED) is 0.897. The van der Waals surface area contributed by atoms with Crippen LogP contribution in [-0.4, -0.2) is 65.0 Å². The molecule has 0 aliphatic carbocycles. The number of likely N-dealkylation sites (N-methyl/N-ethyl adjacent to an activating group) is 1. The van der Waals surface area contributed by atoms with E-state index in [1.165, 1.54) is 0 Å². The Hall–Kier alpha value is -1.70. The number of aliphatic hydroxyl groups is 1. The van der Waals surface area contributed by atoms with E-state index in [1.54, 1.807) is 11.3 Å². The van der Waals surface area contributed by atoms with Crippen molar-refractivity contribution in [3.8, 4) is 10.4 Å². The van der Waals surface area contributed by atoms with Gasteiger partial charge in [-0.15, -0.1) is 11.3 Å². The predicted molar refractivity (Wildman–Crippen MR) is 97.6 cm³/mol. The minimum absolute atomic E-state index is 0.0559. The van der Waals surface area contributed by atoms with Gasteiger partial charge in [-0.25, -0.2) is 4.98 Å². The van der Waals surface area contributed by atoms with Crippen LogP contribution < -0.4 is 9.80 Å². The summed E-state index contributed by atoms with van der Waals surface area (Å²) < 4.78 is 0. The molecule has 128 valence electrons. The highest BCUT2D eigenvalue weighted by atomic mass is 32.1. The first-order valence-corrected chi connectivity index (χ1v) is 9.24. The van der Waals surface area contributed by atoms with Gasteiger partial charge in [0.2, 0.25) is 0 Å². The summed E-state index contributed by atoms with van der Waals surface area (Å²) in [5.41, 5.74) is 3.87. The van der Waals surface area contributed by atoms with E-state index >= 15 is 0 Å². The minimum Gasteiger partial charge on any atom is -0.371 e. The van der Waals surface area contributed by atoms with Gasteiger partial charge in [0.05, 0.1) is 22.1 Å². The number of nitrogens with zero attached hydrogens (tertiary/aromatic N) is 5. The molecule has 2 aromatic rings. The van der Waals surface area contributed by atoms with Gasteiger partial charge in [-0.2, -0.15) is 0 Å². The highest BCUT2D eigenvalue weighted by Crippen LogP contribution is 2.39. The van der Waals surface area contributed by atoms with Gasteiger partial charge in [0.25, 0.3) is 0 Å². The molecular formula is C17H23N5OS. The molecule has 0 bridgehead atoms. The SMILES string of the molecule is CC(C)N1CCN2c3ncc(-c4cncs4)cc3N(C)C(O)C2C1. The summed E-state index contributed by atoms with van der Waals surface area (Å²) in [4.78, 5) is 16.6. The molecule has 6 nitrogen and oxygen atoms in total. The molecule has 1 saturated heterocycles. The summed E-state index contributed by atoms with van der Waals surface area (Å²) in [7, 11) is 1.95. The van der Waals surface area contributed by atoms with Crippen LogP contribution >= 0.6 is 11.3 Å². The second kappa shape index (κ2) is 5.98. The lowest BCUT2D eigenvalue weighted by molar-refractivity contribution is 0.0806. The number of aromatic nitrogens is 2. The van der Waals surface area contributed by atoms with Crippen LogP contribution in [0.3, 0.4) is 0 Å². The molecule has 2 aliphatic rings. The van der Waals surface area contributed by atoms with Crippen LogP contribution in [0, 0.1) is 0 Å². The fraction of sp³-hybridized carbons (Fsp3) is 0.529. The average molecular weight is 345 g/mol. The second-order valence-corrected chi connectivity index (χ2v) is 7.69. The number of aliphatic hydroxyl groups excluding tert-OH is 1. The van der Waals surface area contributed by atoms with Gasteiger partial charge in [0.1, 0.15) is 6.23 Å². The lowest BCUT2D eigenvalue weighted by Gasteiger charge is -2.51. The Labute approximate surface area is 146 Å². The lowest BCUT2D eigenvalue weighted by atomic mass is 10.0. The Bertz CT molecular complexity index is 720. The summed E-state index contributed by atoms with van der Waals surface area (Å²) in [6, 6.07) is 2.66. The van der Waals surface area contributed by atoms with Crippen molar-refractivity contribution in [3.05, 3.63) is 24.0 Å². The van der Waals surface area contributed by atoms with Crippen LogP contribution in [0.5, 0.6) is 0 Å². The van der Waals surface area contributed by atoms with E-state index in [0.717, 1.165) is 41.6 Å². The molecule has 2 aromatic heterocycles. The van der Waals surface area contributed by atoms with Crippen molar-refractivity contribution in [2.24, 2.45) is 0 Å². The zero-order chi connectivity index (χ0) is 16.8. The van der Waals surface area contributed by atoms with E-state index in [1.807, 2.05) is 29.9 Å². The van der Waals surface area contributed by atoms with Gasteiger partial charge in [-0.05, 0) is 19.9 Å². The zero-order valence-corrected chi connectivity index (χ0v) is 15.1. The van der Waals surface area contributed by atoms with Crippen LogP contribution in [-0.2, 0) is 0 Å². The molecule has 0 radical (unpaired) electrons. The molecule has 0 spiro atoms. The van der Waals surface area contributed by atoms with Crippen LogP contribution in [0.15, 0.2) is 24.0 Å². The molecule has 2 atom stereocenters. The van der Waals surface area contributed by atoms with E-state index in [9.17, 15) is 5.11 Å². The highest BCUT2D eigenvalue weighted by molar-refractivity contribution is 7.13. The monoisotopic (exact) mass is 345 g/mol. The summed E-state index contributed by atoms with van der Waals surface area (Å²) >= 11 is 1.60. The fourth-order valence-electron chi connectivity index (χ4n) is 3.64. The first kappa shape index (κ1) is 15.8. The van der Waals surface area contributed by atoms with Crippen molar-refractivity contribution in [2.45, 2.75) is 32.2 Å². The Kier molecular flexibility index (Phi) is 3.94. The number of anilines is 2.